The summed E-state index contributed by atoms with van der Waals surface area (Å²) in [5.41, 5.74) is 0.0484. The zero-order valence-electron chi connectivity index (χ0n) is 11.2. The molecule has 0 fully saturated rings. The fraction of sp³-hybridized carbons (Fsp3) is 0.333. The fourth-order valence-electron chi connectivity index (χ4n) is 1.93. The summed E-state index contributed by atoms with van der Waals surface area (Å²) >= 11 is 5.80. The fourth-order valence-corrected chi connectivity index (χ4v) is 4.46. The summed E-state index contributed by atoms with van der Waals surface area (Å²) in [4.78, 5) is 13.3. The lowest BCUT2D eigenvalue weighted by Gasteiger charge is -2.28. The molecule has 1 unspecified atom stereocenters. The topological polar surface area (TPSA) is 171 Å². The van der Waals surface area contributed by atoms with Crippen molar-refractivity contribution in [2.24, 2.45) is 5.14 Å². The highest BCUT2D eigenvalue weighted by molar-refractivity contribution is 7.90. The van der Waals surface area contributed by atoms with Gasteiger partial charge in [-0.2, -0.15) is 4.72 Å². The van der Waals surface area contributed by atoms with Gasteiger partial charge in [-0.05, 0) is 12.1 Å². The summed E-state index contributed by atoms with van der Waals surface area (Å²) in [6, 6.07) is 1.95. The number of nitrogens with zero attached hydrogens (tertiary/aromatic N) is 1. The largest absolute Gasteiger partial charge is 0.368 e. The lowest BCUT2D eigenvalue weighted by molar-refractivity contribution is -0.757. The number of fused-ring (bicyclic) bond motifs is 1. The van der Waals surface area contributed by atoms with Crippen LogP contribution < -0.4 is 15.2 Å². The zero-order valence-corrected chi connectivity index (χ0v) is 13.6. The van der Waals surface area contributed by atoms with Gasteiger partial charge in [0.25, 0.3) is 5.09 Å². The normalized spacial score (nSPS) is 19.5. The molecule has 1 aromatic carbocycles. The molecule has 1 atom stereocenters. The molecule has 0 saturated carbocycles. The first-order chi connectivity index (χ1) is 10.5. The van der Waals surface area contributed by atoms with Gasteiger partial charge in [-0.3, -0.25) is 0 Å². The van der Waals surface area contributed by atoms with E-state index in [0.717, 1.165) is 12.1 Å². The van der Waals surface area contributed by atoms with Crippen molar-refractivity contribution in [3.63, 3.8) is 0 Å². The highest BCUT2D eigenvalue weighted by Crippen LogP contribution is 2.33. The van der Waals surface area contributed by atoms with Gasteiger partial charge in [0.15, 0.2) is 0 Å². The molecular weight excluding hydrogens is 376 g/mol. The van der Waals surface area contributed by atoms with Crippen LogP contribution in [-0.2, 0) is 24.9 Å². The molecule has 128 valence electrons. The van der Waals surface area contributed by atoms with Crippen LogP contribution in [0.4, 0.5) is 5.69 Å². The minimum Gasteiger partial charge on any atom is -0.368 e. The third-order valence-corrected chi connectivity index (χ3v) is 5.75. The number of rotatable bonds is 5. The molecule has 14 heteroatoms. The number of anilines is 1. The van der Waals surface area contributed by atoms with Gasteiger partial charge in [-0.15, -0.1) is 10.1 Å². The number of benzene rings is 1. The standard InChI is InChI=1S/C9H11ClN4O7S2/c10-5-3-6-8(4-7(5)22(11,17)18)23(19,20)13-9(12-6)1-2-21-14(15)16/h3-4,9,12-13H,1-2H2,(H2,11,17,18). The molecule has 1 aliphatic heterocycles. The Bertz CT molecular complexity index is 855. The van der Waals surface area contributed by atoms with Crippen molar-refractivity contribution < 1.29 is 26.8 Å². The van der Waals surface area contributed by atoms with Gasteiger partial charge in [0.05, 0.1) is 23.5 Å². The van der Waals surface area contributed by atoms with E-state index in [0.29, 0.717) is 0 Å². The second-order valence-corrected chi connectivity index (χ2v) is 8.11. The second kappa shape index (κ2) is 6.09. The molecule has 0 bridgehead atoms. The van der Waals surface area contributed by atoms with E-state index in [4.69, 9.17) is 16.7 Å². The molecule has 0 radical (unpaired) electrons. The minimum atomic E-state index is -4.20. The Morgan fingerprint density at radius 2 is 2.09 bits per heavy atom. The summed E-state index contributed by atoms with van der Waals surface area (Å²) in [6.45, 7) is -0.342. The molecule has 4 N–H and O–H groups in total. The van der Waals surface area contributed by atoms with Gasteiger partial charge in [0.2, 0.25) is 20.0 Å². The Labute approximate surface area is 136 Å². The van der Waals surface area contributed by atoms with Crippen LogP contribution in [0, 0.1) is 10.1 Å². The van der Waals surface area contributed by atoms with Crippen LogP contribution in [0.1, 0.15) is 6.42 Å². The lowest BCUT2D eigenvalue weighted by atomic mass is 10.2. The highest BCUT2D eigenvalue weighted by atomic mass is 35.5. The van der Waals surface area contributed by atoms with Crippen molar-refractivity contribution in [2.75, 3.05) is 11.9 Å². The third kappa shape index (κ3) is 4.00. The van der Waals surface area contributed by atoms with Crippen LogP contribution in [0.15, 0.2) is 21.9 Å². The Kier molecular flexibility index (Phi) is 4.68. The van der Waals surface area contributed by atoms with E-state index in [2.05, 4.69) is 14.9 Å². The van der Waals surface area contributed by atoms with Crippen LogP contribution in [0.5, 0.6) is 0 Å². The maximum absolute atomic E-state index is 12.2. The summed E-state index contributed by atoms with van der Waals surface area (Å²) in [6.07, 6.45) is -0.933. The van der Waals surface area contributed by atoms with E-state index < -0.39 is 36.2 Å². The lowest BCUT2D eigenvalue weighted by Crippen LogP contribution is -2.45. The van der Waals surface area contributed by atoms with Crippen LogP contribution >= 0.6 is 11.6 Å². The molecular formula is C9H11ClN4O7S2. The SMILES string of the molecule is NS(=O)(=O)c1cc2c(cc1Cl)NC(CCO[N+](=O)[O-])NS2(=O)=O. The van der Waals surface area contributed by atoms with E-state index >= 15 is 0 Å². The first-order valence-electron chi connectivity index (χ1n) is 5.93. The van der Waals surface area contributed by atoms with Gasteiger partial charge < -0.3 is 10.2 Å². The second-order valence-electron chi connectivity index (χ2n) is 4.49. The molecule has 0 aliphatic carbocycles. The molecule has 11 nitrogen and oxygen atoms in total. The van der Waals surface area contributed by atoms with Crippen molar-refractivity contribution in [2.45, 2.75) is 22.4 Å². The Hall–Kier alpha value is -1.67. The van der Waals surface area contributed by atoms with E-state index in [-0.39, 0.29) is 28.6 Å². The van der Waals surface area contributed by atoms with Gasteiger partial charge in [0.1, 0.15) is 9.79 Å². The van der Waals surface area contributed by atoms with Gasteiger partial charge >= 0.3 is 0 Å². The van der Waals surface area contributed by atoms with Crippen LogP contribution in [0.25, 0.3) is 0 Å². The average Bonchev–Trinajstić information content (AvgIpc) is 2.34. The number of nitrogens with two attached hydrogens (primary N) is 1. The molecule has 0 aromatic heterocycles. The van der Waals surface area contributed by atoms with Crippen LogP contribution in [0.2, 0.25) is 5.02 Å². The maximum Gasteiger partial charge on any atom is 0.294 e. The monoisotopic (exact) mass is 386 g/mol. The zero-order chi connectivity index (χ0) is 17.4. The predicted octanol–water partition coefficient (Wildman–Crippen LogP) is -0.384. The van der Waals surface area contributed by atoms with Crippen LogP contribution in [0.3, 0.4) is 0 Å². The van der Waals surface area contributed by atoms with Crippen LogP contribution in [-0.4, -0.2) is 34.7 Å². The van der Waals surface area contributed by atoms with E-state index in [1.807, 2.05) is 0 Å². The molecule has 1 aliphatic rings. The van der Waals surface area contributed by atoms with Crippen molar-refractivity contribution >= 4 is 37.3 Å². The molecule has 0 spiro atoms. The average molecular weight is 387 g/mol. The third-order valence-electron chi connectivity index (χ3n) is 2.86. The molecule has 23 heavy (non-hydrogen) atoms. The quantitative estimate of drug-likeness (QED) is 0.453. The Balaban J connectivity index is 2.35. The number of halogens is 1. The number of sulfonamides is 2. The van der Waals surface area contributed by atoms with Crippen molar-refractivity contribution in [3.8, 4) is 0 Å². The summed E-state index contributed by atoms with van der Waals surface area (Å²) in [7, 11) is -8.26. The Morgan fingerprint density at radius 1 is 1.43 bits per heavy atom. The van der Waals surface area contributed by atoms with Crippen molar-refractivity contribution in [3.05, 3.63) is 27.3 Å². The molecule has 1 aromatic rings. The van der Waals surface area contributed by atoms with Gasteiger partial charge in [0, 0.05) is 6.42 Å². The van der Waals surface area contributed by atoms with E-state index in [9.17, 15) is 26.9 Å². The highest BCUT2D eigenvalue weighted by Gasteiger charge is 2.31. The van der Waals surface area contributed by atoms with E-state index in [1.165, 1.54) is 0 Å². The number of primary sulfonamides is 1. The van der Waals surface area contributed by atoms with Crippen molar-refractivity contribution in [1.82, 2.24) is 4.72 Å². The van der Waals surface area contributed by atoms with E-state index in [1.54, 1.807) is 0 Å². The number of hydrogen-bond donors (Lipinski definition) is 3. The molecule has 1 heterocycles. The van der Waals surface area contributed by atoms with Crippen molar-refractivity contribution in [1.29, 1.82) is 0 Å². The molecule has 2 rings (SSSR count). The summed E-state index contributed by atoms with van der Waals surface area (Å²) < 4.78 is 49.3. The number of hydrogen-bond acceptors (Lipinski definition) is 8. The predicted molar refractivity (Wildman–Crippen MR) is 78.1 cm³/mol. The minimum absolute atomic E-state index is 0.0474. The smallest absolute Gasteiger partial charge is 0.294 e. The Morgan fingerprint density at radius 3 is 2.65 bits per heavy atom. The molecule has 0 saturated heterocycles. The maximum atomic E-state index is 12.2. The van der Waals surface area contributed by atoms with Gasteiger partial charge in [-0.25, -0.2) is 22.0 Å². The molecule has 0 amide bonds. The first kappa shape index (κ1) is 17.7. The number of nitrogens with one attached hydrogen (secondary N) is 2. The van der Waals surface area contributed by atoms with Gasteiger partial charge in [-0.1, -0.05) is 11.6 Å². The first-order valence-corrected chi connectivity index (χ1v) is 9.34. The summed E-state index contributed by atoms with van der Waals surface area (Å²) in [5, 5.41) is 16.5. The summed E-state index contributed by atoms with van der Waals surface area (Å²) in [5.74, 6) is 0.